The van der Waals surface area contributed by atoms with Crippen molar-refractivity contribution in [3.05, 3.63) is 235 Å². The molecule has 16 nitrogen and oxygen atoms in total. The number of benzene rings is 8. The molecule has 0 saturated carbocycles. The van der Waals surface area contributed by atoms with E-state index < -0.39 is 23.7 Å². The van der Waals surface area contributed by atoms with Gasteiger partial charge in [-0.15, -0.1) is 0 Å². The molecule has 16 heteroatoms. The molecule has 0 spiro atoms. The molecule has 0 amide bonds. The van der Waals surface area contributed by atoms with Crippen molar-refractivity contribution >= 4 is 46.4 Å². The van der Waals surface area contributed by atoms with Gasteiger partial charge in [0.25, 0.3) is 0 Å². The van der Waals surface area contributed by atoms with Crippen LogP contribution in [0.1, 0.15) is 141 Å². The normalized spacial score (nSPS) is 18.4. The second-order valence-corrected chi connectivity index (χ2v) is 26.9. The van der Waals surface area contributed by atoms with E-state index >= 15 is 0 Å². The number of aromatic amines is 2. The van der Waals surface area contributed by atoms with Gasteiger partial charge in [0.15, 0.2) is 0 Å². The smallest absolute Gasteiger partial charge is 0.230 e. The number of para-hydroxylation sites is 4. The molecule has 0 unspecified atom stereocenters. The molecular weight excluding hydrogens is 1260 g/mol. The van der Waals surface area contributed by atoms with E-state index in [9.17, 15) is 0 Å². The largest absolute Gasteiger partial charge is 0.488 e. The molecule has 0 atom stereocenters. The van der Waals surface area contributed by atoms with Crippen LogP contribution in [0.15, 0.2) is 146 Å². The molecule has 11 aliphatic heterocycles. The standard InChI is InChI=1S/C84H62N4O12/c1-41-49-29-51-42(2)53-31-55-44(4)56-32-54-43(3)52-30-50(41)78-58-34-90-70-18-10-6-14-46(70)74-62-22-21-61(85-62)73-45-13-5-9-17-69(45)89-33-57(77(49)93-37-94-78)79(51)95-38-97-81(53)59-35-91-71-19-11-7-15-47(71)75(65-25-23-63(73)86-65)67-27-28-68(88-67)76(66-26-24-64(74)87-66)48-16-8-12-20-72(48)92-36-60(82(54)98-39-96-80(52)58)84(56)100-40-99-83(55)59/h5-32,41-44,85,88H,33-40H2,1-4H3. The van der Waals surface area contributed by atoms with Crippen LogP contribution in [0.4, 0.5) is 0 Å². The molecule has 2 N–H and O–H groups in total. The lowest BCUT2D eigenvalue weighted by Gasteiger charge is -2.36. The van der Waals surface area contributed by atoms with E-state index in [-0.39, 0.29) is 53.6 Å². The number of nitrogens with one attached hydrogen (secondary N) is 2. The van der Waals surface area contributed by atoms with Gasteiger partial charge in [-0.1, -0.05) is 100 Å². The van der Waals surface area contributed by atoms with Crippen molar-refractivity contribution in [2.45, 2.75) is 77.8 Å². The van der Waals surface area contributed by atoms with E-state index in [1.165, 1.54) is 0 Å². The zero-order valence-corrected chi connectivity index (χ0v) is 54.9. The molecular formula is C84H62N4O12. The monoisotopic (exact) mass is 1320 g/mol. The van der Waals surface area contributed by atoms with Gasteiger partial charge < -0.3 is 66.8 Å². The van der Waals surface area contributed by atoms with Gasteiger partial charge >= 0.3 is 0 Å². The average molecular weight is 1320 g/mol. The first-order valence-corrected chi connectivity index (χ1v) is 34.1. The fourth-order valence-corrected chi connectivity index (χ4v) is 16.9. The highest BCUT2D eigenvalue weighted by Crippen LogP contribution is 2.58. The van der Waals surface area contributed by atoms with Gasteiger partial charge in [0.05, 0.1) is 45.0 Å². The SMILES string of the molecule is CC1c2cc3c4c5c2OCOc2c1cc1c6c2COc2ccccc2-c2c7nc(c(c8ccc([nH]8)c8c9nc(c(c%10ccc2[nH]%10)-c2ccccc2OCc2c(c(cc%10c2OCOc2c(cc(c(c2COc2ccccc2-8)OCO4)C3C)C%10C)C1C)OCO6)C=C9)-c1ccccc1OC5)C=C7. The van der Waals surface area contributed by atoms with E-state index in [0.717, 1.165) is 111 Å². The molecule has 0 aliphatic carbocycles. The zero-order valence-electron chi connectivity index (χ0n) is 54.9. The van der Waals surface area contributed by atoms with Gasteiger partial charge in [-0.05, 0) is 97.1 Å². The summed E-state index contributed by atoms with van der Waals surface area (Å²) in [5.74, 6) is 5.34. The first kappa shape index (κ1) is 57.1. The summed E-state index contributed by atoms with van der Waals surface area (Å²) in [6.45, 7) is 8.13. The minimum Gasteiger partial charge on any atom is -0.488 e. The van der Waals surface area contributed by atoms with Crippen molar-refractivity contribution in [1.82, 2.24) is 19.9 Å². The Bertz CT molecular complexity index is 5010. The Labute approximate surface area is 573 Å². The summed E-state index contributed by atoms with van der Waals surface area (Å²) in [5.41, 5.74) is 22.1. The first-order valence-electron chi connectivity index (χ1n) is 34.1. The summed E-state index contributed by atoms with van der Waals surface area (Å²) < 4.78 is 87.3. The van der Waals surface area contributed by atoms with Crippen LogP contribution < -0.4 is 56.8 Å². The number of hydrogen-bond acceptors (Lipinski definition) is 14. The third-order valence-electron chi connectivity index (χ3n) is 21.8. The number of ether oxygens (including phenoxy) is 12. The summed E-state index contributed by atoms with van der Waals surface area (Å²) in [5, 5.41) is 0. The van der Waals surface area contributed by atoms with Crippen molar-refractivity contribution in [3.63, 3.8) is 0 Å². The van der Waals surface area contributed by atoms with Crippen LogP contribution in [-0.2, 0) is 26.4 Å². The Kier molecular flexibility index (Phi) is 12.4. The van der Waals surface area contributed by atoms with Crippen LogP contribution in [0, 0.1) is 0 Å². The van der Waals surface area contributed by atoms with E-state index in [2.05, 4.69) is 135 Å². The lowest BCUT2D eigenvalue weighted by atomic mass is 9.78. The topological polar surface area (TPSA) is 168 Å². The second kappa shape index (κ2) is 21.7. The van der Waals surface area contributed by atoms with E-state index in [0.29, 0.717) is 114 Å². The molecule has 14 heterocycles. The molecule has 11 aliphatic rings. The summed E-state index contributed by atoms with van der Waals surface area (Å²) >= 11 is 0. The van der Waals surface area contributed by atoms with Crippen LogP contribution >= 0.6 is 0 Å². The molecule has 30 bridgehead atoms. The lowest BCUT2D eigenvalue weighted by molar-refractivity contribution is 0.0902. The van der Waals surface area contributed by atoms with Gasteiger partial charge in [0.2, 0.25) is 27.2 Å². The minimum atomic E-state index is -0.409. The van der Waals surface area contributed by atoms with E-state index in [4.69, 9.17) is 66.8 Å². The summed E-state index contributed by atoms with van der Waals surface area (Å²) in [6.07, 6.45) is 8.37. The molecule has 0 saturated heterocycles. The third kappa shape index (κ3) is 8.39. The highest BCUT2D eigenvalue weighted by molar-refractivity contribution is 6.02. The number of nitrogens with zero attached hydrogens (tertiary/aromatic N) is 2. The number of hydrogen-bond donors (Lipinski definition) is 2. The van der Waals surface area contributed by atoms with E-state index in [1.807, 2.05) is 72.8 Å². The number of aromatic nitrogens is 4. The molecule has 0 radical (unpaired) electrons. The fourth-order valence-electron chi connectivity index (χ4n) is 16.9. The average Bonchev–Trinajstić information content (AvgIpc) is 1.04. The van der Waals surface area contributed by atoms with Crippen LogP contribution in [0.25, 0.3) is 90.9 Å². The molecule has 8 aromatic carbocycles. The van der Waals surface area contributed by atoms with Crippen molar-refractivity contribution in [3.8, 4) is 114 Å². The Balaban J connectivity index is 1.01. The van der Waals surface area contributed by atoms with Gasteiger partial charge in [0, 0.05) is 135 Å². The number of fused-ring (bicyclic) bond motifs is 6. The lowest BCUT2D eigenvalue weighted by Crippen LogP contribution is -2.25. The molecule has 100 heavy (non-hydrogen) atoms. The second-order valence-electron chi connectivity index (χ2n) is 26.9. The van der Waals surface area contributed by atoms with Gasteiger partial charge in [-0.25, -0.2) is 9.97 Å². The van der Waals surface area contributed by atoms with Gasteiger partial charge in [0.1, 0.15) is 95.4 Å². The Morgan fingerprint density at radius 1 is 0.270 bits per heavy atom. The molecule has 3 aromatic heterocycles. The quantitative estimate of drug-likeness (QED) is 0.147. The van der Waals surface area contributed by atoms with Crippen molar-refractivity contribution in [1.29, 1.82) is 0 Å². The van der Waals surface area contributed by atoms with E-state index in [1.54, 1.807) is 0 Å². The summed E-state index contributed by atoms with van der Waals surface area (Å²) in [4.78, 5) is 19.6. The zero-order chi connectivity index (χ0) is 66.2. The Morgan fingerprint density at radius 2 is 0.480 bits per heavy atom. The molecule has 11 aromatic rings. The van der Waals surface area contributed by atoms with Gasteiger partial charge in [-0.3, -0.25) is 0 Å². The minimum absolute atomic E-state index is 0.00617. The van der Waals surface area contributed by atoms with Crippen molar-refractivity contribution in [2.75, 3.05) is 27.2 Å². The summed E-state index contributed by atoms with van der Waals surface area (Å²) in [6, 6.07) is 50.2. The molecule has 22 rings (SSSR count). The third-order valence-corrected chi connectivity index (χ3v) is 21.8. The highest BCUT2D eigenvalue weighted by atomic mass is 16.7. The van der Waals surface area contributed by atoms with Crippen LogP contribution in [-0.4, -0.2) is 47.1 Å². The molecule has 490 valence electrons. The Morgan fingerprint density at radius 3 is 0.700 bits per heavy atom. The summed E-state index contributed by atoms with van der Waals surface area (Å²) in [7, 11) is 0. The maximum atomic E-state index is 7.49. The predicted molar refractivity (Wildman–Crippen MR) is 378 cm³/mol. The first-order chi connectivity index (χ1) is 49.2. The maximum Gasteiger partial charge on any atom is 0.230 e. The van der Waals surface area contributed by atoms with Crippen molar-refractivity contribution < 1.29 is 56.8 Å². The predicted octanol–water partition coefficient (Wildman–Crippen LogP) is 18.4. The highest BCUT2D eigenvalue weighted by Gasteiger charge is 2.41. The fraction of sp³-hybridized carbons (Fsp3) is 0.190. The molecule has 0 fully saturated rings. The number of rotatable bonds is 0. The maximum absolute atomic E-state index is 7.49. The van der Waals surface area contributed by atoms with Gasteiger partial charge in [-0.2, -0.15) is 0 Å². The van der Waals surface area contributed by atoms with Crippen molar-refractivity contribution in [2.24, 2.45) is 0 Å². The van der Waals surface area contributed by atoms with Crippen LogP contribution in [0.2, 0.25) is 0 Å². The Hall–Kier alpha value is -12.0. The van der Waals surface area contributed by atoms with Crippen LogP contribution in [0.3, 0.4) is 0 Å². The number of H-pyrrole nitrogens is 2. The van der Waals surface area contributed by atoms with Crippen LogP contribution in [0.5, 0.6) is 69.0 Å².